The molecule has 21 heavy (non-hydrogen) atoms. The van der Waals surface area contributed by atoms with Gasteiger partial charge in [0.1, 0.15) is 11.3 Å². The Bertz CT molecular complexity index is 674. The van der Waals surface area contributed by atoms with Crippen molar-refractivity contribution in [3.05, 3.63) is 35.3 Å². The molecular formula is C17H23N3O. The third-order valence-electron chi connectivity index (χ3n) is 4.50. The molecule has 4 heteroatoms. The molecule has 0 saturated carbocycles. The van der Waals surface area contributed by atoms with Gasteiger partial charge in [0.05, 0.1) is 5.69 Å². The summed E-state index contributed by atoms with van der Waals surface area (Å²) in [5.74, 6) is 0.136. The molecule has 0 aliphatic carbocycles. The first-order chi connectivity index (χ1) is 10.1. The van der Waals surface area contributed by atoms with Gasteiger partial charge in [0.2, 0.25) is 0 Å². The van der Waals surface area contributed by atoms with Gasteiger partial charge in [-0.1, -0.05) is 13.0 Å². The average molecular weight is 285 g/mol. The maximum absolute atomic E-state index is 13.0. The Morgan fingerprint density at radius 3 is 2.90 bits per heavy atom. The van der Waals surface area contributed by atoms with E-state index < -0.39 is 0 Å². The summed E-state index contributed by atoms with van der Waals surface area (Å²) in [6.45, 7) is 7.01. The molecule has 0 spiro atoms. The van der Waals surface area contributed by atoms with Gasteiger partial charge in [-0.2, -0.15) is 0 Å². The van der Waals surface area contributed by atoms with E-state index in [9.17, 15) is 4.79 Å². The number of nitrogens with zero attached hydrogens (tertiary/aromatic N) is 3. The van der Waals surface area contributed by atoms with Crippen molar-refractivity contribution in [2.24, 2.45) is 0 Å². The molecule has 0 N–H and O–H groups in total. The van der Waals surface area contributed by atoms with Gasteiger partial charge in [0.15, 0.2) is 0 Å². The Morgan fingerprint density at radius 2 is 2.14 bits per heavy atom. The van der Waals surface area contributed by atoms with Crippen molar-refractivity contribution in [1.82, 2.24) is 14.3 Å². The van der Waals surface area contributed by atoms with Gasteiger partial charge in [0, 0.05) is 18.8 Å². The summed E-state index contributed by atoms with van der Waals surface area (Å²) in [6.07, 6.45) is 6.50. The molecule has 2 aromatic heterocycles. The van der Waals surface area contributed by atoms with E-state index in [0.717, 1.165) is 48.4 Å². The van der Waals surface area contributed by atoms with E-state index in [4.69, 9.17) is 0 Å². The van der Waals surface area contributed by atoms with Crippen LogP contribution in [0, 0.1) is 13.8 Å². The zero-order valence-electron chi connectivity index (χ0n) is 13.1. The first kappa shape index (κ1) is 14.1. The van der Waals surface area contributed by atoms with Crippen molar-refractivity contribution in [2.45, 2.75) is 52.5 Å². The summed E-state index contributed by atoms with van der Waals surface area (Å²) >= 11 is 0. The van der Waals surface area contributed by atoms with Crippen LogP contribution in [0.2, 0.25) is 0 Å². The van der Waals surface area contributed by atoms with Crippen molar-refractivity contribution in [2.75, 3.05) is 6.54 Å². The minimum atomic E-state index is 0.136. The summed E-state index contributed by atoms with van der Waals surface area (Å²) < 4.78 is 1.95. The number of hydrogen-bond donors (Lipinski definition) is 0. The number of imidazole rings is 1. The van der Waals surface area contributed by atoms with Crippen LogP contribution in [0.15, 0.2) is 18.3 Å². The van der Waals surface area contributed by atoms with Crippen LogP contribution in [0.4, 0.5) is 0 Å². The average Bonchev–Trinajstić information content (AvgIpc) is 2.81. The molecule has 3 rings (SSSR count). The molecular weight excluding hydrogens is 262 g/mol. The third-order valence-corrected chi connectivity index (χ3v) is 4.50. The van der Waals surface area contributed by atoms with Gasteiger partial charge in [-0.3, -0.25) is 9.20 Å². The Hall–Kier alpha value is -1.84. The zero-order valence-corrected chi connectivity index (χ0v) is 13.1. The number of amides is 1. The van der Waals surface area contributed by atoms with Gasteiger partial charge < -0.3 is 4.90 Å². The van der Waals surface area contributed by atoms with Gasteiger partial charge in [-0.25, -0.2) is 4.98 Å². The Balaban J connectivity index is 2.04. The van der Waals surface area contributed by atoms with Crippen molar-refractivity contribution in [1.29, 1.82) is 0 Å². The first-order valence-corrected chi connectivity index (χ1v) is 7.88. The monoisotopic (exact) mass is 285 g/mol. The molecule has 3 heterocycles. The van der Waals surface area contributed by atoms with Crippen LogP contribution in [0.5, 0.6) is 0 Å². The Morgan fingerprint density at radius 1 is 1.33 bits per heavy atom. The molecule has 1 saturated heterocycles. The molecule has 2 aromatic rings. The number of rotatable bonds is 2. The molecule has 1 aliphatic heterocycles. The van der Waals surface area contributed by atoms with Crippen LogP contribution < -0.4 is 0 Å². The summed E-state index contributed by atoms with van der Waals surface area (Å²) in [5.41, 5.74) is 3.55. The zero-order chi connectivity index (χ0) is 15.0. The van der Waals surface area contributed by atoms with E-state index in [1.54, 1.807) is 0 Å². The van der Waals surface area contributed by atoms with Gasteiger partial charge in [-0.05, 0) is 51.2 Å². The smallest absolute Gasteiger partial charge is 0.273 e. The maximum Gasteiger partial charge on any atom is 0.273 e. The van der Waals surface area contributed by atoms with Crippen molar-refractivity contribution in [3.8, 4) is 0 Å². The van der Waals surface area contributed by atoms with Crippen LogP contribution in [0.1, 0.15) is 54.4 Å². The van der Waals surface area contributed by atoms with E-state index in [2.05, 4.69) is 16.8 Å². The number of pyridine rings is 1. The fraction of sp³-hybridized carbons (Fsp3) is 0.529. The number of hydrogen-bond acceptors (Lipinski definition) is 2. The molecule has 1 fully saturated rings. The number of likely N-dealkylation sites (tertiary alicyclic amines) is 1. The topological polar surface area (TPSA) is 37.6 Å². The second-order valence-corrected chi connectivity index (χ2v) is 6.04. The molecule has 1 atom stereocenters. The normalized spacial score (nSPS) is 19.2. The lowest BCUT2D eigenvalue weighted by Gasteiger charge is -2.35. The summed E-state index contributed by atoms with van der Waals surface area (Å²) in [5, 5.41) is 0. The standard InChI is InChI=1S/C17H23N3O/c1-4-14-7-5-6-10-19(14)17(21)16-13(3)18-15-9-8-12(2)11-20(15)16/h8-9,11,14H,4-7,10H2,1-3H3. The largest absolute Gasteiger partial charge is 0.334 e. The molecule has 0 radical (unpaired) electrons. The molecule has 0 bridgehead atoms. The lowest BCUT2D eigenvalue weighted by molar-refractivity contribution is 0.0600. The fourth-order valence-corrected chi connectivity index (χ4v) is 3.35. The number of piperidine rings is 1. The number of carbonyl (C=O) groups excluding carboxylic acids is 1. The molecule has 112 valence electrons. The van der Waals surface area contributed by atoms with Crippen LogP contribution in [0.25, 0.3) is 5.65 Å². The van der Waals surface area contributed by atoms with Crippen molar-refractivity contribution in [3.63, 3.8) is 0 Å². The number of carbonyl (C=O) groups is 1. The van der Waals surface area contributed by atoms with Crippen molar-refractivity contribution >= 4 is 11.6 Å². The lowest BCUT2D eigenvalue weighted by Crippen LogP contribution is -2.44. The van der Waals surface area contributed by atoms with Crippen LogP contribution in [0.3, 0.4) is 0 Å². The highest BCUT2D eigenvalue weighted by Crippen LogP contribution is 2.23. The predicted molar refractivity (Wildman–Crippen MR) is 83.6 cm³/mol. The maximum atomic E-state index is 13.0. The first-order valence-electron chi connectivity index (χ1n) is 7.88. The highest BCUT2D eigenvalue weighted by atomic mass is 16.2. The lowest BCUT2D eigenvalue weighted by atomic mass is 9.99. The van der Waals surface area contributed by atoms with Gasteiger partial charge in [-0.15, -0.1) is 0 Å². The summed E-state index contributed by atoms with van der Waals surface area (Å²) in [4.78, 5) is 19.6. The van der Waals surface area contributed by atoms with Crippen LogP contribution in [-0.4, -0.2) is 32.8 Å². The molecule has 1 amide bonds. The second kappa shape index (κ2) is 5.51. The molecule has 1 unspecified atom stereocenters. The minimum absolute atomic E-state index is 0.136. The SMILES string of the molecule is CCC1CCCCN1C(=O)c1c(C)nc2ccc(C)cn12. The molecule has 0 aromatic carbocycles. The predicted octanol–water partition coefficient (Wildman–Crippen LogP) is 3.36. The highest BCUT2D eigenvalue weighted by molar-refractivity contribution is 5.95. The fourth-order valence-electron chi connectivity index (χ4n) is 3.35. The highest BCUT2D eigenvalue weighted by Gasteiger charge is 2.29. The van der Waals surface area contributed by atoms with E-state index in [1.165, 1.54) is 6.42 Å². The number of fused-ring (bicyclic) bond motifs is 1. The minimum Gasteiger partial charge on any atom is -0.334 e. The number of aromatic nitrogens is 2. The van der Waals surface area contributed by atoms with Crippen LogP contribution >= 0.6 is 0 Å². The second-order valence-electron chi connectivity index (χ2n) is 6.04. The van der Waals surface area contributed by atoms with E-state index in [-0.39, 0.29) is 5.91 Å². The van der Waals surface area contributed by atoms with E-state index >= 15 is 0 Å². The van der Waals surface area contributed by atoms with E-state index in [0.29, 0.717) is 6.04 Å². The Labute approximate surface area is 125 Å². The summed E-state index contributed by atoms with van der Waals surface area (Å²) in [6, 6.07) is 4.39. The van der Waals surface area contributed by atoms with Crippen LogP contribution in [-0.2, 0) is 0 Å². The number of aryl methyl sites for hydroxylation is 2. The quantitative estimate of drug-likeness (QED) is 0.848. The molecule has 4 nitrogen and oxygen atoms in total. The van der Waals surface area contributed by atoms with E-state index in [1.807, 2.05) is 36.6 Å². The Kier molecular flexibility index (Phi) is 3.70. The third kappa shape index (κ3) is 2.43. The molecule has 1 aliphatic rings. The summed E-state index contributed by atoms with van der Waals surface area (Å²) in [7, 11) is 0. The van der Waals surface area contributed by atoms with Crippen molar-refractivity contribution < 1.29 is 4.79 Å². The van der Waals surface area contributed by atoms with Gasteiger partial charge in [0.25, 0.3) is 5.91 Å². The van der Waals surface area contributed by atoms with Gasteiger partial charge >= 0.3 is 0 Å².